The molecule has 0 radical (unpaired) electrons. The van der Waals surface area contributed by atoms with Crippen LogP contribution in [-0.2, 0) is 9.53 Å². The van der Waals surface area contributed by atoms with Gasteiger partial charge in [0.15, 0.2) is 0 Å². The molecule has 0 aromatic rings. The van der Waals surface area contributed by atoms with Crippen molar-refractivity contribution in [1.82, 2.24) is 10.2 Å². The maximum Gasteiger partial charge on any atom is 0.312 e. The second-order valence-electron chi connectivity index (χ2n) is 4.90. The molecule has 15 heavy (non-hydrogen) atoms. The van der Waals surface area contributed by atoms with Gasteiger partial charge in [-0.1, -0.05) is 0 Å². The van der Waals surface area contributed by atoms with Crippen LogP contribution < -0.4 is 5.32 Å². The monoisotopic (exact) mass is 214 g/mol. The highest BCUT2D eigenvalue weighted by atomic mass is 16.5. The maximum atomic E-state index is 11.5. The van der Waals surface area contributed by atoms with E-state index in [0.29, 0.717) is 6.04 Å². The van der Waals surface area contributed by atoms with Crippen molar-refractivity contribution >= 4 is 5.97 Å². The molecule has 88 valence electrons. The number of hydrogen-bond donors (Lipinski definition) is 1. The van der Waals surface area contributed by atoms with Crippen LogP contribution in [0.3, 0.4) is 0 Å². The zero-order valence-electron chi connectivity index (χ0n) is 10.2. The topological polar surface area (TPSA) is 41.6 Å². The highest BCUT2D eigenvalue weighted by molar-refractivity contribution is 5.76. The molecule has 1 heterocycles. The molecule has 4 nitrogen and oxygen atoms in total. The summed E-state index contributed by atoms with van der Waals surface area (Å²) in [6.07, 6.45) is 0. The van der Waals surface area contributed by atoms with Gasteiger partial charge in [0, 0.05) is 32.2 Å². The molecule has 1 saturated heterocycles. The van der Waals surface area contributed by atoms with Crippen LogP contribution in [0.1, 0.15) is 20.8 Å². The van der Waals surface area contributed by atoms with Gasteiger partial charge in [-0.3, -0.25) is 9.69 Å². The summed E-state index contributed by atoms with van der Waals surface area (Å²) in [5, 5.41) is 3.34. The van der Waals surface area contributed by atoms with E-state index in [2.05, 4.69) is 17.1 Å². The molecule has 0 aromatic heterocycles. The van der Waals surface area contributed by atoms with Crippen LogP contribution in [0.2, 0.25) is 0 Å². The van der Waals surface area contributed by atoms with E-state index in [1.807, 2.05) is 13.8 Å². The molecule has 1 fully saturated rings. The Morgan fingerprint density at radius 1 is 1.60 bits per heavy atom. The van der Waals surface area contributed by atoms with Gasteiger partial charge in [0.1, 0.15) is 0 Å². The van der Waals surface area contributed by atoms with E-state index in [-0.39, 0.29) is 5.97 Å². The number of piperazine rings is 1. The standard InChI is InChI=1S/C11H22N2O2/c1-9-7-12-5-6-13(9)8-11(2,3)10(14)15-4/h9,12H,5-8H2,1-4H3/t9-/m0/s1. The van der Waals surface area contributed by atoms with Crippen molar-refractivity contribution in [2.75, 3.05) is 33.3 Å². The fourth-order valence-electron chi connectivity index (χ4n) is 1.97. The lowest BCUT2D eigenvalue weighted by Crippen LogP contribution is -2.53. The maximum absolute atomic E-state index is 11.5. The van der Waals surface area contributed by atoms with E-state index in [1.165, 1.54) is 7.11 Å². The van der Waals surface area contributed by atoms with E-state index in [4.69, 9.17) is 4.74 Å². The molecule has 1 aliphatic rings. The Morgan fingerprint density at radius 3 is 2.80 bits per heavy atom. The van der Waals surface area contributed by atoms with Gasteiger partial charge in [0.25, 0.3) is 0 Å². The molecule has 0 saturated carbocycles. The lowest BCUT2D eigenvalue weighted by molar-refractivity contribution is -0.152. The number of nitrogens with one attached hydrogen (secondary N) is 1. The number of nitrogens with zero attached hydrogens (tertiary/aromatic N) is 1. The molecule has 1 atom stereocenters. The third-order valence-corrected chi connectivity index (χ3v) is 2.98. The Kier molecular flexibility index (Phi) is 4.11. The number of methoxy groups -OCH3 is 1. The fourth-order valence-corrected chi connectivity index (χ4v) is 1.97. The summed E-state index contributed by atoms with van der Waals surface area (Å²) in [5.74, 6) is -0.131. The Hall–Kier alpha value is -0.610. The summed E-state index contributed by atoms with van der Waals surface area (Å²) < 4.78 is 4.81. The first kappa shape index (κ1) is 12.5. The van der Waals surface area contributed by atoms with Crippen LogP contribution in [0, 0.1) is 5.41 Å². The van der Waals surface area contributed by atoms with Gasteiger partial charge in [0.2, 0.25) is 0 Å². The molecular weight excluding hydrogens is 192 g/mol. The Balaban J connectivity index is 2.55. The van der Waals surface area contributed by atoms with Gasteiger partial charge in [-0.05, 0) is 20.8 Å². The average Bonchev–Trinajstić information content (AvgIpc) is 2.20. The first-order chi connectivity index (χ1) is 6.97. The number of carbonyl (C=O) groups is 1. The predicted molar refractivity (Wildman–Crippen MR) is 59.7 cm³/mol. The molecule has 0 aromatic carbocycles. The van der Waals surface area contributed by atoms with Crippen molar-refractivity contribution in [3.05, 3.63) is 0 Å². The first-order valence-electron chi connectivity index (χ1n) is 5.50. The summed E-state index contributed by atoms with van der Waals surface area (Å²) in [4.78, 5) is 13.9. The van der Waals surface area contributed by atoms with Crippen LogP contribution in [0.5, 0.6) is 0 Å². The summed E-state index contributed by atoms with van der Waals surface area (Å²) in [6, 6.07) is 0.489. The molecule has 0 aliphatic carbocycles. The van der Waals surface area contributed by atoms with Crippen LogP contribution >= 0.6 is 0 Å². The van der Waals surface area contributed by atoms with E-state index in [9.17, 15) is 4.79 Å². The molecule has 4 heteroatoms. The molecule has 0 spiro atoms. The fraction of sp³-hybridized carbons (Fsp3) is 0.909. The van der Waals surface area contributed by atoms with Gasteiger partial charge in [-0.2, -0.15) is 0 Å². The van der Waals surface area contributed by atoms with Crippen LogP contribution in [0.15, 0.2) is 0 Å². The second kappa shape index (κ2) is 4.94. The van der Waals surface area contributed by atoms with Crippen LogP contribution in [0.4, 0.5) is 0 Å². The van der Waals surface area contributed by atoms with Gasteiger partial charge >= 0.3 is 5.97 Å². The quantitative estimate of drug-likeness (QED) is 0.694. The number of ether oxygens (including phenoxy) is 1. The van der Waals surface area contributed by atoms with E-state index < -0.39 is 5.41 Å². The third-order valence-electron chi connectivity index (χ3n) is 2.98. The predicted octanol–water partition coefficient (Wildman–Crippen LogP) is 0.479. The number of esters is 1. The molecule has 0 bridgehead atoms. The van der Waals surface area contributed by atoms with Gasteiger partial charge in [0.05, 0.1) is 12.5 Å². The number of carbonyl (C=O) groups excluding carboxylic acids is 1. The third kappa shape index (κ3) is 3.18. The average molecular weight is 214 g/mol. The van der Waals surface area contributed by atoms with Crippen LogP contribution in [-0.4, -0.2) is 50.2 Å². The van der Waals surface area contributed by atoms with E-state index in [0.717, 1.165) is 26.2 Å². The summed E-state index contributed by atoms with van der Waals surface area (Å²) in [7, 11) is 1.45. The minimum absolute atomic E-state index is 0.131. The SMILES string of the molecule is COC(=O)C(C)(C)CN1CCNC[C@@H]1C. The Morgan fingerprint density at radius 2 is 2.27 bits per heavy atom. The van der Waals surface area contributed by atoms with Crippen molar-refractivity contribution in [1.29, 1.82) is 0 Å². The molecular formula is C11H22N2O2. The molecule has 0 unspecified atom stereocenters. The molecule has 0 amide bonds. The van der Waals surface area contributed by atoms with Crippen molar-refractivity contribution in [2.45, 2.75) is 26.8 Å². The number of rotatable bonds is 3. The van der Waals surface area contributed by atoms with Gasteiger partial charge < -0.3 is 10.1 Å². The summed E-state index contributed by atoms with van der Waals surface area (Å²) in [5.41, 5.74) is -0.416. The lowest BCUT2D eigenvalue weighted by atomic mass is 9.92. The van der Waals surface area contributed by atoms with E-state index in [1.54, 1.807) is 0 Å². The van der Waals surface area contributed by atoms with Crippen molar-refractivity contribution in [3.8, 4) is 0 Å². The highest BCUT2D eigenvalue weighted by Crippen LogP contribution is 2.20. The van der Waals surface area contributed by atoms with E-state index >= 15 is 0 Å². The Bertz CT molecular complexity index is 229. The van der Waals surface area contributed by atoms with Gasteiger partial charge in [-0.25, -0.2) is 0 Å². The molecule has 1 N–H and O–H groups in total. The second-order valence-corrected chi connectivity index (χ2v) is 4.90. The Labute approximate surface area is 92.0 Å². The zero-order chi connectivity index (χ0) is 11.5. The minimum Gasteiger partial charge on any atom is -0.469 e. The van der Waals surface area contributed by atoms with Gasteiger partial charge in [-0.15, -0.1) is 0 Å². The normalized spacial score (nSPS) is 23.9. The van der Waals surface area contributed by atoms with Crippen molar-refractivity contribution < 1.29 is 9.53 Å². The number of hydrogen-bond acceptors (Lipinski definition) is 4. The highest BCUT2D eigenvalue weighted by Gasteiger charge is 2.33. The zero-order valence-corrected chi connectivity index (χ0v) is 10.2. The van der Waals surface area contributed by atoms with Crippen molar-refractivity contribution in [2.24, 2.45) is 5.41 Å². The molecule has 1 rings (SSSR count). The summed E-state index contributed by atoms with van der Waals surface area (Å²) >= 11 is 0. The first-order valence-corrected chi connectivity index (χ1v) is 5.50. The lowest BCUT2D eigenvalue weighted by Gasteiger charge is -2.38. The van der Waals surface area contributed by atoms with Crippen molar-refractivity contribution in [3.63, 3.8) is 0 Å². The largest absolute Gasteiger partial charge is 0.469 e. The van der Waals surface area contributed by atoms with Crippen LogP contribution in [0.25, 0.3) is 0 Å². The smallest absolute Gasteiger partial charge is 0.312 e. The minimum atomic E-state index is -0.416. The summed E-state index contributed by atoms with van der Waals surface area (Å²) in [6.45, 7) is 9.82. The molecule has 1 aliphatic heterocycles.